The van der Waals surface area contributed by atoms with Crippen molar-refractivity contribution in [1.29, 1.82) is 0 Å². The molecule has 2 heterocycles. The van der Waals surface area contributed by atoms with Crippen LogP contribution in [-0.2, 0) is 4.79 Å². The summed E-state index contributed by atoms with van der Waals surface area (Å²) in [5.41, 5.74) is 0.902. The smallest absolute Gasteiger partial charge is 0.303 e. The summed E-state index contributed by atoms with van der Waals surface area (Å²) < 4.78 is 0. The average Bonchev–Trinajstić information content (AvgIpc) is 3.16. The molecule has 0 aliphatic carbocycles. The molecule has 27 heavy (non-hydrogen) atoms. The van der Waals surface area contributed by atoms with Gasteiger partial charge in [0.05, 0.1) is 4.92 Å². The summed E-state index contributed by atoms with van der Waals surface area (Å²) in [5, 5.41) is 22.0. The van der Waals surface area contributed by atoms with Crippen molar-refractivity contribution < 1.29 is 19.6 Å². The normalized spacial score (nSPS) is 16.9. The zero-order valence-corrected chi connectivity index (χ0v) is 15.4. The highest BCUT2D eigenvalue weighted by atomic mass is 32.1. The quantitative estimate of drug-likeness (QED) is 0.598. The number of hydrogen-bond donors (Lipinski definition) is 1. The molecule has 1 atom stereocenters. The molecule has 3 rings (SSSR count). The van der Waals surface area contributed by atoms with Crippen molar-refractivity contribution in [3.05, 3.63) is 45.5 Å². The first kappa shape index (κ1) is 19.0. The molecule has 1 aliphatic rings. The Kier molecular flexibility index (Phi) is 5.80. The van der Waals surface area contributed by atoms with Gasteiger partial charge in [0.1, 0.15) is 10.7 Å². The number of carbonyl (C=O) groups is 2. The van der Waals surface area contributed by atoms with Gasteiger partial charge in [-0.2, -0.15) is 0 Å². The molecule has 1 aliphatic heterocycles. The minimum atomic E-state index is -0.820. The minimum absolute atomic E-state index is 0.0205. The number of thiazole rings is 1. The van der Waals surface area contributed by atoms with Gasteiger partial charge in [-0.1, -0.05) is 12.1 Å². The van der Waals surface area contributed by atoms with Crippen LogP contribution in [0.5, 0.6) is 0 Å². The number of likely N-dealkylation sites (tertiary alicyclic amines) is 1. The lowest BCUT2D eigenvalue weighted by atomic mass is 9.93. The van der Waals surface area contributed by atoms with Crippen LogP contribution in [0.2, 0.25) is 0 Å². The Balaban J connectivity index is 1.70. The van der Waals surface area contributed by atoms with Crippen LogP contribution in [0.1, 0.15) is 36.2 Å². The Morgan fingerprint density at radius 3 is 2.96 bits per heavy atom. The SMILES string of the molecule is O=C(O)CCC1CCCN(C(=O)c2csc(-c3cccc([N+](=O)[O-])c3)n2)C1. The fourth-order valence-electron chi connectivity index (χ4n) is 3.23. The van der Waals surface area contributed by atoms with Gasteiger partial charge in [0.15, 0.2) is 0 Å². The van der Waals surface area contributed by atoms with Gasteiger partial charge in [0.2, 0.25) is 0 Å². The molecular formula is C18H19N3O5S. The van der Waals surface area contributed by atoms with Gasteiger partial charge in [0.25, 0.3) is 11.6 Å². The molecule has 1 aromatic carbocycles. The fraction of sp³-hybridized carbons (Fsp3) is 0.389. The van der Waals surface area contributed by atoms with Gasteiger partial charge < -0.3 is 10.0 Å². The number of nitrogens with zero attached hydrogens (tertiary/aromatic N) is 3. The number of benzene rings is 1. The summed E-state index contributed by atoms with van der Waals surface area (Å²) in [6, 6.07) is 6.17. The zero-order chi connectivity index (χ0) is 19.4. The molecule has 1 saturated heterocycles. The number of aromatic nitrogens is 1. The molecule has 0 bridgehead atoms. The number of carboxylic acids is 1. The van der Waals surface area contributed by atoms with Gasteiger partial charge >= 0.3 is 5.97 Å². The lowest BCUT2D eigenvalue weighted by molar-refractivity contribution is -0.384. The Bertz CT molecular complexity index is 866. The van der Waals surface area contributed by atoms with Crippen LogP contribution in [0.3, 0.4) is 0 Å². The molecule has 1 amide bonds. The largest absolute Gasteiger partial charge is 0.481 e. The molecule has 9 heteroatoms. The molecule has 8 nitrogen and oxygen atoms in total. The van der Waals surface area contributed by atoms with Crippen LogP contribution in [-0.4, -0.2) is 44.9 Å². The predicted octanol–water partition coefficient (Wildman–Crippen LogP) is 3.44. The summed E-state index contributed by atoms with van der Waals surface area (Å²) in [6.45, 7) is 1.17. The second kappa shape index (κ2) is 8.26. The number of rotatable bonds is 6. The van der Waals surface area contributed by atoms with E-state index in [9.17, 15) is 19.7 Å². The van der Waals surface area contributed by atoms with Crippen molar-refractivity contribution >= 4 is 28.9 Å². The maximum Gasteiger partial charge on any atom is 0.303 e. The Hall–Kier alpha value is -2.81. The number of hydrogen-bond acceptors (Lipinski definition) is 6. The molecule has 1 aromatic heterocycles. The summed E-state index contributed by atoms with van der Waals surface area (Å²) >= 11 is 1.27. The van der Waals surface area contributed by atoms with E-state index in [1.54, 1.807) is 22.4 Å². The fourth-order valence-corrected chi connectivity index (χ4v) is 4.02. The van der Waals surface area contributed by atoms with Crippen molar-refractivity contribution in [1.82, 2.24) is 9.88 Å². The van der Waals surface area contributed by atoms with Crippen molar-refractivity contribution in [2.75, 3.05) is 13.1 Å². The lowest BCUT2D eigenvalue weighted by Crippen LogP contribution is -2.40. The van der Waals surface area contributed by atoms with Crippen molar-refractivity contribution in [3.63, 3.8) is 0 Å². The lowest BCUT2D eigenvalue weighted by Gasteiger charge is -2.32. The van der Waals surface area contributed by atoms with Crippen molar-refractivity contribution in [3.8, 4) is 10.6 Å². The summed E-state index contributed by atoms with van der Waals surface area (Å²) in [7, 11) is 0. The number of carboxylic acid groups (broad SMARTS) is 1. The number of carbonyl (C=O) groups excluding carboxylic acids is 1. The molecule has 0 saturated carbocycles. The second-order valence-corrected chi connectivity index (χ2v) is 7.40. The van der Waals surface area contributed by atoms with E-state index in [0.29, 0.717) is 35.8 Å². The summed E-state index contributed by atoms with van der Waals surface area (Å²) in [5.74, 6) is -0.809. The van der Waals surface area contributed by atoms with Crippen LogP contribution >= 0.6 is 11.3 Å². The molecule has 142 valence electrons. The number of nitro groups is 1. The molecule has 1 fully saturated rings. The highest BCUT2D eigenvalue weighted by Crippen LogP contribution is 2.28. The van der Waals surface area contributed by atoms with Gasteiger partial charge in [0, 0.05) is 42.6 Å². The van der Waals surface area contributed by atoms with Crippen LogP contribution < -0.4 is 0 Å². The van der Waals surface area contributed by atoms with E-state index >= 15 is 0 Å². The molecule has 2 aromatic rings. The topological polar surface area (TPSA) is 114 Å². The third kappa shape index (κ3) is 4.68. The minimum Gasteiger partial charge on any atom is -0.481 e. The van der Waals surface area contributed by atoms with E-state index in [4.69, 9.17) is 5.11 Å². The standard InChI is InChI=1S/C18H19N3O5S/c22-16(23)7-6-12-3-2-8-20(10-12)18(24)15-11-27-17(19-15)13-4-1-5-14(9-13)21(25)26/h1,4-5,9,11-12H,2-3,6-8,10H2,(H,22,23). The third-order valence-electron chi connectivity index (χ3n) is 4.60. The van der Waals surface area contributed by atoms with E-state index in [2.05, 4.69) is 4.98 Å². The van der Waals surface area contributed by atoms with Crippen molar-refractivity contribution in [2.45, 2.75) is 25.7 Å². The van der Waals surface area contributed by atoms with Gasteiger partial charge in [-0.15, -0.1) is 11.3 Å². The monoisotopic (exact) mass is 389 g/mol. The van der Waals surface area contributed by atoms with Gasteiger partial charge in [-0.3, -0.25) is 19.7 Å². The number of nitro benzene ring substituents is 1. The summed E-state index contributed by atoms with van der Waals surface area (Å²) in [6.07, 6.45) is 2.44. The maximum atomic E-state index is 12.7. The molecule has 0 radical (unpaired) electrons. The van der Waals surface area contributed by atoms with E-state index in [-0.39, 0.29) is 23.9 Å². The Morgan fingerprint density at radius 2 is 2.22 bits per heavy atom. The Morgan fingerprint density at radius 1 is 1.41 bits per heavy atom. The highest BCUT2D eigenvalue weighted by Gasteiger charge is 2.26. The molecule has 1 N–H and O–H groups in total. The number of aliphatic carboxylic acids is 1. The number of amides is 1. The van der Waals surface area contributed by atoms with Gasteiger partial charge in [-0.05, 0) is 25.2 Å². The molecule has 0 spiro atoms. The number of non-ortho nitro benzene ring substituents is 1. The molecular weight excluding hydrogens is 370 g/mol. The predicted molar refractivity (Wildman–Crippen MR) is 99.7 cm³/mol. The van der Waals surface area contributed by atoms with Crippen LogP contribution in [0, 0.1) is 16.0 Å². The van der Waals surface area contributed by atoms with E-state index in [0.717, 1.165) is 12.8 Å². The maximum absolute atomic E-state index is 12.7. The van der Waals surface area contributed by atoms with Crippen LogP contribution in [0.4, 0.5) is 5.69 Å². The van der Waals surface area contributed by atoms with E-state index in [1.165, 1.54) is 23.5 Å². The van der Waals surface area contributed by atoms with Gasteiger partial charge in [-0.25, -0.2) is 4.98 Å². The third-order valence-corrected chi connectivity index (χ3v) is 5.49. The van der Waals surface area contributed by atoms with Crippen molar-refractivity contribution in [2.24, 2.45) is 5.92 Å². The van der Waals surface area contributed by atoms with E-state index in [1.807, 2.05) is 0 Å². The first-order chi connectivity index (χ1) is 12.9. The first-order valence-electron chi connectivity index (χ1n) is 8.65. The van der Waals surface area contributed by atoms with Crippen LogP contribution in [0.25, 0.3) is 10.6 Å². The summed E-state index contributed by atoms with van der Waals surface area (Å²) in [4.78, 5) is 40.0. The Labute approximate surface area is 159 Å². The van der Waals surface area contributed by atoms with E-state index < -0.39 is 10.9 Å². The first-order valence-corrected chi connectivity index (χ1v) is 9.53. The highest BCUT2D eigenvalue weighted by molar-refractivity contribution is 7.13. The number of piperidine rings is 1. The average molecular weight is 389 g/mol. The second-order valence-electron chi connectivity index (χ2n) is 6.54. The molecule has 1 unspecified atom stereocenters. The van der Waals surface area contributed by atoms with Crippen LogP contribution in [0.15, 0.2) is 29.6 Å². The zero-order valence-electron chi connectivity index (χ0n) is 14.5.